The van der Waals surface area contributed by atoms with Crippen molar-refractivity contribution in [1.82, 2.24) is 0 Å². The molecule has 1 aromatic rings. The normalized spacial score (nSPS) is 19.6. The smallest absolute Gasteiger partial charge is 0.463 e. The van der Waals surface area contributed by atoms with Crippen molar-refractivity contribution >= 4 is 24.4 Å². The number of hydrogen-bond donors (Lipinski definition) is 1. The van der Waals surface area contributed by atoms with Crippen molar-refractivity contribution < 1.29 is 24.0 Å². The van der Waals surface area contributed by atoms with Crippen LogP contribution in [-0.4, -0.2) is 36.6 Å². The molecule has 0 bridgehead atoms. The van der Waals surface area contributed by atoms with E-state index in [0.717, 1.165) is 10.5 Å². The summed E-state index contributed by atoms with van der Waals surface area (Å²) in [6.45, 7) is 7.94. The van der Waals surface area contributed by atoms with Crippen LogP contribution >= 0.6 is 0 Å². The third-order valence-electron chi connectivity index (χ3n) is 4.01. The van der Waals surface area contributed by atoms with Crippen LogP contribution in [0.5, 0.6) is 0 Å². The predicted octanol–water partition coefficient (Wildman–Crippen LogP) is 2.03. The van der Waals surface area contributed by atoms with E-state index in [0.29, 0.717) is 5.69 Å². The predicted molar refractivity (Wildman–Crippen MR) is 79.7 cm³/mol. The summed E-state index contributed by atoms with van der Waals surface area (Å²) in [5.41, 5.74) is 0.440. The van der Waals surface area contributed by atoms with Crippen LogP contribution in [0, 0.1) is 0 Å². The minimum atomic E-state index is -1.18. The van der Waals surface area contributed by atoms with Gasteiger partial charge in [-0.25, -0.2) is 4.79 Å². The third kappa shape index (κ3) is 2.90. The van der Waals surface area contributed by atoms with Crippen molar-refractivity contribution in [3.8, 4) is 0 Å². The average Bonchev–Trinajstić information content (AvgIpc) is 2.59. The van der Waals surface area contributed by atoms with Gasteiger partial charge < -0.3 is 14.4 Å². The van der Waals surface area contributed by atoms with Gasteiger partial charge in [0.2, 0.25) is 0 Å². The summed E-state index contributed by atoms with van der Waals surface area (Å²) >= 11 is 0. The lowest BCUT2D eigenvalue weighted by atomic mass is 9.79. The second-order valence-corrected chi connectivity index (χ2v) is 5.94. The molecule has 0 aliphatic carbocycles. The van der Waals surface area contributed by atoms with Gasteiger partial charge in [0.15, 0.2) is 0 Å². The zero-order valence-corrected chi connectivity index (χ0v) is 12.9. The molecule has 114 valence electrons. The number of rotatable bonds is 3. The molecule has 0 aromatic heterocycles. The van der Waals surface area contributed by atoms with Gasteiger partial charge >= 0.3 is 13.2 Å². The first kappa shape index (κ1) is 15.8. The molecule has 21 heavy (non-hydrogen) atoms. The highest BCUT2D eigenvalue weighted by Crippen LogP contribution is 2.36. The Bertz CT molecular complexity index is 513. The topological polar surface area (TPSA) is 68.2 Å². The molecule has 0 saturated carbocycles. The van der Waals surface area contributed by atoms with Gasteiger partial charge in [-0.15, -0.1) is 0 Å². The fraction of sp³-hybridized carbons (Fsp3) is 0.500. The van der Waals surface area contributed by atoms with Gasteiger partial charge in [-0.05, 0) is 45.3 Å². The zero-order valence-electron chi connectivity index (χ0n) is 12.9. The zero-order chi connectivity index (χ0) is 15.8. The van der Waals surface area contributed by atoms with Crippen molar-refractivity contribution in [1.29, 1.82) is 0 Å². The fourth-order valence-electron chi connectivity index (χ4n) is 2.04. The molecule has 0 radical (unpaired) electrons. The molecule has 0 atom stereocenters. The Hall–Kier alpha value is -1.57. The van der Waals surface area contributed by atoms with E-state index in [4.69, 9.17) is 19.3 Å². The van der Waals surface area contributed by atoms with Gasteiger partial charge in [0.05, 0.1) is 24.0 Å². The van der Waals surface area contributed by atoms with Gasteiger partial charge in [-0.1, -0.05) is 12.1 Å². The molecular weight excluding hydrogens is 273 g/mol. The van der Waals surface area contributed by atoms with Crippen LogP contribution in [0.25, 0.3) is 0 Å². The fourth-order valence-corrected chi connectivity index (χ4v) is 2.04. The monoisotopic (exact) mass is 293 g/mol. The van der Waals surface area contributed by atoms with E-state index in [-0.39, 0.29) is 0 Å². The number of hydrogen-bond acceptors (Lipinski definition) is 4. The van der Waals surface area contributed by atoms with Crippen molar-refractivity contribution in [3.05, 3.63) is 24.3 Å². The van der Waals surface area contributed by atoms with E-state index in [1.54, 1.807) is 24.3 Å². The molecule has 6 nitrogen and oxygen atoms in total. The molecule has 1 fully saturated rings. The molecule has 2 rings (SSSR count). The van der Waals surface area contributed by atoms with Crippen LogP contribution in [0.15, 0.2) is 24.3 Å². The Morgan fingerprint density at radius 3 is 2.00 bits per heavy atom. The van der Waals surface area contributed by atoms with E-state index in [1.807, 2.05) is 27.7 Å². The summed E-state index contributed by atoms with van der Waals surface area (Å²) in [7, 11) is 0.834. The second kappa shape index (κ2) is 5.33. The van der Waals surface area contributed by atoms with Crippen LogP contribution in [-0.2, 0) is 14.1 Å². The number of anilines is 1. The lowest BCUT2D eigenvalue weighted by Crippen LogP contribution is -2.41. The summed E-state index contributed by atoms with van der Waals surface area (Å²) in [5, 5.41) is 9.78. The van der Waals surface area contributed by atoms with Gasteiger partial charge in [0, 0.05) is 0 Å². The van der Waals surface area contributed by atoms with Crippen LogP contribution in [0.4, 0.5) is 10.5 Å². The summed E-state index contributed by atoms with van der Waals surface area (Å²) in [5.74, 6) is 0. The largest absolute Gasteiger partial charge is 0.494 e. The van der Waals surface area contributed by atoms with E-state index in [1.165, 1.54) is 7.11 Å². The summed E-state index contributed by atoms with van der Waals surface area (Å²) in [6.07, 6.45) is -1.18. The third-order valence-corrected chi connectivity index (χ3v) is 4.01. The minimum Gasteiger partial charge on any atom is -0.463 e. The van der Waals surface area contributed by atoms with Gasteiger partial charge in [-0.2, -0.15) is 5.06 Å². The van der Waals surface area contributed by atoms with E-state index in [9.17, 15) is 4.79 Å². The molecule has 1 heterocycles. The maximum Gasteiger partial charge on any atom is 0.494 e. The van der Waals surface area contributed by atoms with Crippen LogP contribution < -0.4 is 10.5 Å². The highest BCUT2D eigenvalue weighted by atomic mass is 16.7. The maximum atomic E-state index is 11.0. The average molecular weight is 293 g/mol. The van der Waals surface area contributed by atoms with Crippen LogP contribution in [0.3, 0.4) is 0 Å². The first-order chi connectivity index (χ1) is 9.68. The lowest BCUT2D eigenvalue weighted by Gasteiger charge is -2.32. The number of carboxylic acid groups (broad SMARTS) is 1. The number of benzene rings is 1. The SMILES string of the molecule is CON(C(=O)O)c1ccc(B2OC(C)(C)C(C)(C)O2)cc1. The highest BCUT2D eigenvalue weighted by molar-refractivity contribution is 6.62. The molecule has 1 aromatic carbocycles. The molecule has 1 amide bonds. The van der Waals surface area contributed by atoms with Gasteiger partial charge in [0.25, 0.3) is 0 Å². The molecule has 0 unspecified atom stereocenters. The molecule has 0 spiro atoms. The van der Waals surface area contributed by atoms with Crippen molar-refractivity contribution in [2.75, 3.05) is 12.2 Å². The standard InChI is InChI=1S/C14H20BNO5/c1-13(2)14(3,4)21-15(20-13)10-6-8-11(9-7-10)16(19-5)12(17)18/h6-9H,1-5H3,(H,17,18). The Kier molecular flexibility index (Phi) is 4.01. The maximum absolute atomic E-state index is 11.0. The number of amides is 1. The number of nitrogens with zero attached hydrogens (tertiary/aromatic N) is 1. The molecule has 1 saturated heterocycles. The van der Waals surface area contributed by atoms with Crippen LogP contribution in [0.1, 0.15) is 27.7 Å². The van der Waals surface area contributed by atoms with E-state index < -0.39 is 24.4 Å². The Labute approximate surface area is 124 Å². The molecule has 7 heteroatoms. The van der Waals surface area contributed by atoms with Crippen LogP contribution in [0.2, 0.25) is 0 Å². The van der Waals surface area contributed by atoms with Crippen molar-refractivity contribution in [2.24, 2.45) is 0 Å². The quantitative estimate of drug-likeness (QED) is 0.682. The Balaban J connectivity index is 2.19. The molecule has 1 aliphatic rings. The highest BCUT2D eigenvalue weighted by Gasteiger charge is 2.51. The van der Waals surface area contributed by atoms with Crippen molar-refractivity contribution in [2.45, 2.75) is 38.9 Å². The first-order valence-corrected chi connectivity index (χ1v) is 6.71. The Morgan fingerprint density at radius 2 is 1.62 bits per heavy atom. The molecule has 1 aliphatic heterocycles. The van der Waals surface area contributed by atoms with Crippen molar-refractivity contribution in [3.63, 3.8) is 0 Å². The lowest BCUT2D eigenvalue weighted by molar-refractivity contribution is 0.00578. The second-order valence-electron chi connectivity index (χ2n) is 5.94. The van der Waals surface area contributed by atoms with E-state index >= 15 is 0 Å². The summed E-state index contributed by atoms with van der Waals surface area (Å²) < 4.78 is 11.9. The first-order valence-electron chi connectivity index (χ1n) is 6.71. The Morgan fingerprint density at radius 1 is 1.14 bits per heavy atom. The van der Waals surface area contributed by atoms with Gasteiger partial charge in [-0.3, -0.25) is 4.84 Å². The minimum absolute atomic E-state index is 0.407. The molecular formula is C14H20BNO5. The number of carbonyl (C=O) groups is 1. The van der Waals surface area contributed by atoms with Gasteiger partial charge in [0.1, 0.15) is 0 Å². The summed E-state index contributed by atoms with van der Waals surface area (Å²) in [6, 6.07) is 6.84. The summed E-state index contributed by atoms with van der Waals surface area (Å²) in [4.78, 5) is 15.8. The van der Waals surface area contributed by atoms with E-state index in [2.05, 4.69) is 0 Å². The molecule has 1 N–H and O–H groups in total. The number of hydroxylamine groups is 1.